The Bertz CT molecular complexity index is 440. The SMILES string of the molecule is CC(N)Cc1ccc(N2CCC(N3CCOCC3)C2)cc1. The van der Waals surface area contributed by atoms with Crippen LogP contribution in [0, 0.1) is 0 Å². The van der Waals surface area contributed by atoms with Crippen molar-refractivity contribution in [2.24, 2.45) is 5.73 Å². The number of ether oxygens (including phenoxy) is 1. The van der Waals surface area contributed by atoms with E-state index in [1.165, 1.54) is 17.7 Å². The first-order valence-electron chi connectivity index (χ1n) is 8.13. The number of anilines is 1. The molecule has 0 spiro atoms. The third kappa shape index (κ3) is 3.76. The van der Waals surface area contributed by atoms with Gasteiger partial charge in [0.05, 0.1) is 13.2 Å². The van der Waals surface area contributed by atoms with Crippen molar-refractivity contribution in [2.45, 2.75) is 31.8 Å². The Morgan fingerprint density at radius 1 is 1.19 bits per heavy atom. The van der Waals surface area contributed by atoms with Crippen molar-refractivity contribution in [1.29, 1.82) is 0 Å². The third-order valence-corrected chi connectivity index (χ3v) is 4.58. The predicted molar refractivity (Wildman–Crippen MR) is 86.8 cm³/mol. The summed E-state index contributed by atoms with van der Waals surface area (Å²) in [5.74, 6) is 0. The van der Waals surface area contributed by atoms with Crippen molar-refractivity contribution >= 4 is 5.69 Å². The van der Waals surface area contributed by atoms with E-state index in [4.69, 9.17) is 10.5 Å². The molecule has 2 heterocycles. The zero-order valence-electron chi connectivity index (χ0n) is 13.0. The highest BCUT2D eigenvalue weighted by Gasteiger charge is 2.28. The van der Waals surface area contributed by atoms with Gasteiger partial charge in [-0.05, 0) is 37.5 Å². The highest BCUT2D eigenvalue weighted by Crippen LogP contribution is 2.24. The van der Waals surface area contributed by atoms with E-state index in [9.17, 15) is 0 Å². The highest BCUT2D eigenvalue weighted by molar-refractivity contribution is 5.49. The fraction of sp³-hybridized carbons (Fsp3) is 0.647. The van der Waals surface area contributed by atoms with E-state index >= 15 is 0 Å². The molecule has 0 radical (unpaired) electrons. The summed E-state index contributed by atoms with van der Waals surface area (Å²) < 4.78 is 5.45. The lowest BCUT2D eigenvalue weighted by Crippen LogP contribution is -2.44. The van der Waals surface area contributed by atoms with Crippen LogP contribution in [0.2, 0.25) is 0 Å². The standard InChI is InChI=1S/C17H27N3O/c1-14(18)12-15-2-4-16(5-3-15)20-7-6-17(13-20)19-8-10-21-11-9-19/h2-5,14,17H,6-13,18H2,1H3. The first kappa shape index (κ1) is 14.8. The van der Waals surface area contributed by atoms with Crippen LogP contribution in [-0.4, -0.2) is 56.4 Å². The molecule has 4 nitrogen and oxygen atoms in total. The molecule has 0 aliphatic carbocycles. The normalized spacial score (nSPS) is 25.2. The summed E-state index contributed by atoms with van der Waals surface area (Å²) in [5, 5.41) is 0. The molecule has 2 atom stereocenters. The van der Waals surface area contributed by atoms with E-state index in [-0.39, 0.29) is 6.04 Å². The topological polar surface area (TPSA) is 41.7 Å². The summed E-state index contributed by atoms with van der Waals surface area (Å²) in [6.07, 6.45) is 2.22. The molecule has 21 heavy (non-hydrogen) atoms. The third-order valence-electron chi connectivity index (χ3n) is 4.58. The molecule has 0 bridgehead atoms. The summed E-state index contributed by atoms with van der Waals surface area (Å²) in [7, 11) is 0. The number of hydrogen-bond donors (Lipinski definition) is 1. The molecule has 0 amide bonds. The fourth-order valence-electron chi connectivity index (χ4n) is 3.43. The quantitative estimate of drug-likeness (QED) is 0.912. The van der Waals surface area contributed by atoms with Gasteiger partial charge in [0, 0.05) is 44.0 Å². The first-order valence-corrected chi connectivity index (χ1v) is 8.13. The minimum Gasteiger partial charge on any atom is -0.379 e. The first-order chi connectivity index (χ1) is 10.2. The number of hydrogen-bond acceptors (Lipinski definition) is 4. The van der Waals surface area contributed by atoms with Crippen LogP contribution < -0.4 is 10.6 Å². The number of nitrogens with two attached hydrogens (primary N) is 1. The predicted octanol–water partition coefficient (Wildman–Crippen LogP) is 1.49. The summed E-state index contributed by atoms with van der Waals surface area (Å²) in [6.45, 7) is 8.32. The Balaban J connectivity index is 1.57. The molecular weight excluding hydrogens is 262 g/mol. The highest BCUT2D eigenvalue weighted by atomic mass is 16.5. The van der Waals surface area contributed by atoms with Gasteiger partial charge in [0.2, 0.25) is 0 Å². The van der Waals surface area contributed by atoms with Gasteiger partial charge in [-0.1, -0.05) is 12.1 Å². The van der Waals surface area contributed by atoms with Crippen LogP contribution in [0.15, 0.2) is 24.3 Å². The maximum atomic E-state index is 5.86. The number of rotatable bonds is 4. The molecule has 2 saturated heterocycles. The minimum absolute atomic E-state index is 0.230. The van der Waals surface area contributed by atoms with E-state index in [1.54, 1.807) is 0 Å². The monoisotopic (exact) mass is 289 g/mol. The molecule has 2 N–H and O–H groups in total. The van der Waals surface area contributed by atoms with Gasteiger partial charge in [0.25, 0.3) is 0 Å². The van der Waals surface area contributed by atoms with E-state index in [2.05, 4.69) is 41.0 Å². The maximum Gasteiger partial charge on any atom is 0.0594 e. The minimum atomic E-state index is 0.230. The molecule has 2 fully saturated rings. The largest absolute Gasteiger partial charge is 0.379 e. The fourth-order valence-corrected chi connectivity index (χ4v) is 3.43. The van der Waals surface area contributed by atoms with Gasteiger partial charge in [-0.3, -0.25) is 4.90 Å². The van der Waals surface area contributed by atoms with Crippen molar-refractivity contribution in [2.75, 3.05) is 44.3 Å². The summed E-state index contributed by atoms with van der Waals surface area (Å²) in [5.41, 5.74) is 8.54. The van der Waals surface area contributed by atoms with Gasteiger partial charge >= 0.3 is 0 Å². The Morgan fingerprint density at radius 2 is 1.90 bits per heavy atom. The zero-order chi connectivity index (χ0) is 14.7. The second-order valence-electron chi connectivity index (χ2n) is 6.38. The van der Waals surface area contributed by atoms with Gasteiger partial charge < -0.3 is 15.4 Å². The van der Waals surface area contributed by atoms with Crippen LogP contribution in [0.3, 0.4) is 0 Å². The van der Waals surface area contributed by atoms with Gasteiger partial charge in [-0.25, -0.2) is 0 Å². The second-order valence-corrected chi connectivity index (χ2v) is 6.38. The van der Waals surface area contributed by atoms with Crippen molar-refractivity contribution in [3.63, 3.8) is 0 Å². The molecule has 0 saturated carbocycles. The van der Waals surface area contributed by atoms with Crippen LogP contribution in [0.5, 0.6) is 0 Å². The van der Waals surface area contributed by atoms with Crippen LogP contribution in [0.25, 0.3) is 0 Å². The lowest BCUT2D eigenvalue weighted by molar-refractivity contribution is 0.0209. The van der Waals surface area contributed by atoms with Crippen LogP contribution >= 0.6 is 0 Å². The molecule has 1 aromatic carbocycles. The molecule has 0 aromatic heterocycles. The van der Waals surface area contributed by atoms with E-state index in [1.807, 2.05) is 0 Å². The molecule has 2 unspecified atom stereocenters. The number of nitrogens with zero attached hydrogens (tertiary/aromatic N) is 2. The van der Waals surface area contributed by atoms with Crippen molar-refractivity contribution < 1.29 is 4.74 Å². The Labute approximate surface area is 127 Å². The van der Waals surface area contributed by atoms with Gasteiger partial charge in [-0.2, -0.15) is 0 Å². The summed E-state index contributed by atoms with van der Waals surface area (Å²) >= 11 is 0. The Hall–Kier alpha value is -1.10. The molecule has 4 heteroatoms. The van der Waals surface area contributed by atoms with Crippen LogP contribution in [-0.2, 0) is 11.2 Å². The smallest absolute Gasteiger partial charge is 0.0594 e. The van der Waals surface area contributed by atoms with Crippen molar-refractivity contribution in [1.82, 2.24) is 4.90 Å². The molecule has 116 valence electrons. The summed E-state index contributed by atoms with van der Waals surface area (Å²) in [4.78, 5) is 5.10. The van der Waals surface area contributed by atoms with Crippen molar-refractivity contribution in [3.8, 4) is 0 Å². The Morgan fingerprint density at radius 3 is 2.57 bits per heavy atom. The number of morpholine rings is 1. The van der Waals surface area contributed by atoms with Gasteiger partial charge in [-0.15, -0.1) is 0 Å². The zero-order valence-corrected chi connectivity index (χ0v) is 13.0. The maximum absolute atomic E-state index is 5.86. The molecule has 1 aromatic rings. The molecule has 2 aliphatic rings. The van der Waals surface area contributed by atoms with Gasteiger partial charge in [0.15, 0.2) is 0 Å². The van der Waals surface area contributed by atoms with E-state index < -0.39 is 0 Å². The second kappa shape index (κ2) is 6.77. The molecular formula is C17H27N3O. The summed E-state index contributed by atoms with van der Waals surface area (Å²) in [6, 6.07) is 9.87. The average molecular weight is 289 g/mol. The van der Waals surface area contributed by atoms with Crippen LogP contribution in [0.1, 0.15) is 18.9 Å². The van der Waals surface area contributed by atoms with Crippen LogP contribution in [0.4, 0.5) is 5.69 Å². The number of benzene rings is 1. The van der Waals surface area contributed by atoms with Gasteiger partial charge in [0.1, 0.15) is 0 Å². The van der Waals surface area contributed by atoms with E-state index in [0.717, 1.165) is 45.8 Å². The average Bonchev–Trinajstić information content (AvgIpc) is 2.98. The lowest BCUT2D eigenvalue weighted by atomic mass is 10.1. The van der Waals surface area contributed by atoms with E-state index in [0.29, 0.717) is 6.04 Å². The molecule has 2 aliphatic heterocycles. The molecule has 3 rings (SSSR count). The lowest BCUT2D eigenvalue weighted by Gasteiger charge is -2.32. The Kier molecular flexibility index (Phi) is 4.78. The van der Waals surface area contributed by atoms with Crippen molar-refractivity contribution in [3.05, 3.63) is 29.8 Å².